The molecule has 0 aromatic carbocycles. The minimum atomic E-state index is -2.21. The summed E-state index contributed by atoms with van der Waals surface area (Å²) in [4.78, 5) is 12.0. The largest absolute Gasteiger partial charge is 0.515 e. The molecule has 0 fully saturated rings. The van der Waals surface area contributed by atoms with E-state index >= 15 is 0 Å². The minimum Gasteiger partial charge on any atom is -0.515 e. The Balaban J connectivity index is 5.64. The van der Waals surface area contributed by atoms with Gasteiger partial charge in [0.25, 0.3) is 8.32 Å². The van der Waals surface area contributed by atoms with Gasteiger partial charge in [0.15, 0.2) is 0 Å². The maximum Gasteiger partial charge on any atom is 0.319 e. The average molecular weight is 270 g/mol. The SMILES string of the molecule is C=C(C)C(=O)O[Si](C(C)C)(C(C)CC)C(C)(C)C. The van der Waals surface area contributed by atoms with Crippen LogP contribution in [0.5, 0.6) is 0 Å². The molecule has 0 bridgehead atoms. The highest BCUT2D eigenvalue weighted by atomic mass is 28.4. The lowest BCUT2D eigenvalue weighted by Gasteiger charge is -2.48. The van der Waals surface area contributed by atoms with E-state index in [0.29, 0.717) is 16.7 Å². The van der Waals surface area contributed by atoms with E-state index in [1.807, 2.05) is 0 Å². The monoisotopic (exact) mass is 270 g/mol. The summed E-state index contributed by atoms with van der Waals surface area (Å²) in [5, 5.41) is 0.0295. The van der Waals surface area contributed by atoms with Crippen LogP contribution in [0.2, 0.25) is 16.1 Å². The van der Waals surface area contributed by atoms with Gasteiger partial charge in [0, 0.05) is 5.57 Å². The Hall–Kier alpha value is -0.573. The number of hydrogen-bond acceptors (Lipinski definition) is 2. The van der Waals surface area contributed by atoms with Gasteiger partial charge in [0.2, 0.25) is 0 Å². The van der Waals surface area contributed by atoms with Crippen LogP contribution in [0.15, 0.2) is 12.2 Å². The van der Waals surface area contributed by atoms with Crippen molar-refractivity contribution in [3.05, 3.63) is 12.2 Å². The van der Waals surface area contributed by atoms with Crippen molar-refractivity contribution in [2.45, 2.75) is 77.9 Å². The summed E-state index contributed by atoms with van der Waals surface area (Å²) in [5.74, 6) is -0.217. The van der Waals surface area contributed by atoms with Crippen LogP contribution >= 0.6 is 0 Å². The van der Waals surface area contributed by atoms with E-state index in [-0.39, 0.29) is 11.0 Å². The summed E-state index contributed by atoms with van der Waals surface area (Å²) < 4.78 is 6.08. The van der Waals surface area contributed by atoms with Crippen molar-refractivity contribution < 1.29 is 9.22 Å². The Morgan fingerprint density at radius 2 is 1.72 bits per heavy atom. The van der Waals surface area contributed by atoms with Crippen LogP contribution in [0.25, 0.3) is 0 Å². The Labute approximate surface area is 114 Å². The summed E-state index contributed by atoms with van der Waals surface area (Å²) in [7, 11) is -2.21. The predicted octanol–water partition coefficient (Wildman–Crippen LogP) is 5.06. The minimum absolute atomic E-state index is 0.0295. The normalized spacial score (nSPS) is 17.2. The Kier molecular flexibility index (Phi) is 5.85. The van der Waals surface area contributed by atoms with E-state index in [1.54, 1.807) is 6.92 Å². The fourth-order valence-corrected chi connectivity index (χ4v) is 9.27. The average Bonchev–Trinajstić information content (AvgIpc) is 2.21. The van der Waals surface area contributed by atoms with Crippen molar-refractivity contribution >= 4 is 14.3 Å². The molecular formula is C15H30O2Si. The highest BCUT2D eigenvalue weighted by molar-refractivity contribution is 6.80. The fraction of sp³-hybridized carbons (Fsp3) is 0.800. The molecule has 2 nitrogen and oxygen atoms in total. The van der Waals surface area contributed by atoms with Crippen LogP contribution in [0, 0.1) is 0 Å². The standard InChI is InChI=1S/C15H30O2Si/c1-10-13(6)18(12(4)5,15(7,8)9)17-14(16)11(2)3/h12-13H,2,10H2,1,3-9H3. The molecule has 0 rings (SSSR count). The summed E-state index contributed by atoms with van der Waals surface area (Å²) in [6.07, 6.45) is 1.05. The molecule has 0 aromatic rings. The zero-order chi connectivity index (χ0) is 14.7. The quantitative estimate of drug-likeness (QED) is 0.515. The lowest BCUT2D eigenvalue weighted by molar-refractivity contribution is -0.131. The van der Waals surface area contributed by atoms with Gasteiger partial charge in [-0.15, -0.1) is 0 Å². The van der Waals surface area contributed by atoms with E-state index in [0.717, 1.165) is 6.42 Å². The smallest absolute Gasteiger partial charge is 0.319 e. The zero-order valence-electron chi connectivity index (χ0n) is 13.4. The molecule has 106 valence electrons. The second-order valence-corrected chi connectivity index (χ2v) is 12.1. The van der Waals surface area contributed by atoms with Crippen LogP contribution in [0.3, 0.4) is 0 Å². The maximum absolute atomic E-state index is 12.0. The van der Waals surface area contributed by atoms with Gasteiger partial charge in [-0.1, -0.05) is 61.5 Å². The third-order valence-electron chi connectivity index (χ3n) is 3.98. The summed E-state index contributed by atoms with van der Waals surface area (Å²) >= 11 is 0. The highest BCUT2D eigenvalue weighted by Crippen LogP contribution is 2.52. The number of carbonyl (C=O) groups is 1. The molecule has 3 heteroatoms. The topological polar surface area (TPSA) is 26.3 Å². The summed E-state index contributed by atoms with van der Waals surface area (Å²) in [6.45, 7) is 20.8. The molecule has 0 aliphatic heterocycles. The van der Waals surface area contributed by atoms with E-state index in [2.05, 4.69) is 55.0 Å². The van der Waals surface area contributed by atoms with Gasteiger partial charge >= 0.3 is 5.97 Å². The molecule has 0 saturated carbocycles. The third-order valence-corrected chi connectivity index (χ3v) is 10.4. The van der Waals surface area contributed by atoms with Gasteiger partial charge < -0.3 is 4.43 Å². The first-order valence-electron chi connectivity index (χ1n) is 6.89. The zero-order valence-corrected chi connectivity index (χ0v) is 14.4. The second kappa shape index (κ2) is 6.05. The first-order chi connectivity index (χ1) is 8.00. The number of rotatable bonds is 5. The molecule has 0 N–H and O–H groups in total. The van der Waals surface area contributed by atoms with Gasteiger partial charge in [0.1, 0.15) is 0 Å². The van der Waals surface area contributed by atoms with Crippen molar-refractivity contribution in [1.82, 2.24) is 0 Å². The van der Waals surface area contributed by atoms with Gasteiger partial charge in [-0.05, 0) is 23.0 Å². The predicted molar refractivity (Wildman–Crippen MR) is 81.2 cm³/mol. The number of hydrogen-bond donors (Lipinski definition) is 0. The summed E-state index contributed by atoms with van der Waals surface area (Å²) in [5.41, 5.74) is 1.34. The van der Waals surface area contributed by atoms with Crippen molar-refractivity contribution in [1.29, 1.82) is 0 Å². The van der Waals surface area contributed by atoms with Crippen LogP contribution in [-0.2, 0) is 9.22 Å². The van der Waals surface area contributed by atoms with Crippen LogP contribution in [-0.4, -0.2) is 14.3 Å². The van der Waals surface area contributed by atoms with Crippen molar-refractivity contribution in [3.63, 3.8) is 0 Å². The Morgan fingerprint density at radius 3 is 1.94 bits per heavy atom. The number of carbonyl (C=O) groups excluding carboxylic acids is 1. The lowest BCUT2D eigenvalue weighted by Crippen LogP contribution is -2.54. The summed E-state index contributed by atoms with van der Waals surface area (Å²) in [6, 6.07) is 0. The van der Waals surface area contributed by atoms with E-state index in [4.69, 9.17) is 4.43 Å². The molecule has 2 unspecified atom stereocenters. The van der Waals surface area contributed by atoms with Crippen LogP contribution in [0.4, 0.5) is 0 Å². The molecule has 18 heavy (non-hydrogen) atoms. The van der Waals surface area contributed by atoms with E-state index < -0.39 is 8.32 Å². The first-order valence-corrected chi connectivity index (χ1v) is 8.95. The molecule has 0 aliphatic rings. The van der Waals surface area contributed by atoms with Crippen molar-refractivity contribution in [3.8, 4) is 0 Å². The first kappa shape index (κ1) is 17.4. The molecule has 0 radical (unpaired) electrons. The van der Waals surface area contributed by atoms with Gasteiger partial charge in [-0.25, -0.2) is 4.79 Å². The Bertz CT molecular complexity index is 315. The second-order valence-electron chi connectivity index (χ2n) is 6.68. The molecule has 0 saturated heterocycles. The van der Waals surface area contributed by atoms with Crippen LogP contribution in [0.1, 0.15) is 61.8 Å². The van der Waals surface area contributed by atoms with E-state index in [1.165, 1.54) is 0 Å². The van der Waals surface area contributed by atoms with Crippen LogP contribution < -0.4 is 0 Å². The molecule has 0 heterocycles. The maximum atomic E-state index is 12.0. The molecule has 2 atom stereocenters. The lowest BCUT2D eigenvalue weighted by atomic mass is 10.2. The van der Waals surface area contributed by atoms with Crippen molar-refractivity contribution in [2.24, 2.45) is 0 Å². The molecule has 0 aromatic heterocycles. The van der Waals surface area contributed by atoms with E-state index in [9.17, 15) is 4.79 Å². The fourth-order valence-electron chi connectivity index (χ4n) is 3.09. The van der Waals surface area contributed by atoms with Gasteiger partial charge in [0.05, 0.1) is 0 Å². The third kappa shape index (κ3) is 3.25. The van der Waals surface area contributed by atoms with Crippen molar-refractivity contribution in [2.75, 3.05) is 0 Å². The molecule has 0 spiro atoms. The molecule has 0 aliphatic carbocycles. The molecular weight excluding hydrogens is 240 g/mol. The molecule has 0 amide bonds. The highest BCUT2D eigenvalue weighted by Gasteiger charge is 2.55. The Morgan fingerprint density at radius 1 is 1.28 bits per heavy atom. The van der Waals surface area contributed by atoms with Gasteiger partial charge in [-0.3, -0.25) is 0 Å². The van der Waals surface area contributed by atoms with Gasteiger partial charge in [-0.2, -0.15) is 0 Å².